The van der Waals surface area contributed by atoms with Crippen LogP contribution in [-0.2, 0) is 11.2 Å². The van der Waals surface area contributed by atoms with Crippen LogP contribution in [0.4, 0.5) is 9.18 Å². The molecule has 8 nitrogen and oxygen atoms in total. The van der Waals surface area contributed by atoms with Crippen LogP contribution in [0.15, 0.2) is 35.4 Å². The highest BCUT2D eigenvalue weighted by molar-refractivity contribution is 7.98. The third-order valence-corrected chi connectivity index (χ3v) is 11.7. The molecule has 4 aliphatic rings. The summed E-state index contributed by atoms with van der Waals surface area (Å²) in [6, 6.07) is 10.3. The van der Waals surface area contributed by atoms with Crippen LogP contribution in [0.5, 0.6) is 0 Å². The first-order chi connectivity index (χ1) is 22.0. The number of amides is 2. The number of carbonyl (C=O) groups excluding carboxylic acids is 1. The maximum absolute atomic E-state index is 17.0. The second-order valence-corrected chi connectivity index (χ2v) is 14.5. The van der Waals surface area contributed by atoms with Crippen LogP contribution in [0, 0.1) is 28.5 Å². The van der Waals surface area contributed by atoms with Crippen molar-refractivity contribution in [3.63, 3.8) is 0 Å². The Morgan fingerprint density at radius 3 is 2.70 bits per heavy atom. The highest BCUT2D eigenvalue weighted by Crippen LogP contribution is 2.53. The molecule has 4 atom stereocenters. The van der Waals surface area contributed by atoms with Gasteiger partial charge in [0.15, 0.2) is 5.82 Å². The summed E-state index contributed by atoms with van der Waals surface area (Å²) in [5.41, 5.74) is 2.61. The standard InChI is InChI=1S/C34H32Cl2FN5O3S/c1-16(39-32(43)34(2)9-10-34)23-14-21-30(42(23)29-18-13-24(29)41(15-18)33(44)45)20-12-17(6-5-11-38)25(19-7-4-8-22(35)26(19)36)27(37)28(20)40-31(21)46-3/h4,7-8,12,14,16,18,24,29H,5-6,9-10,13,15H2,1-3H3,(H,39,43)(H,44,45)/t16-,18-,24-,29+/m1/s1. The quantitative estimate of drug-likeness (QED) is 0.181. The number of aromatic nitrogens is 2. The fourth-order valence-electron chi connectivity index (χ4n) is 7.36. The summed E-state index contributed by atoms with van der Waals surface area (Å²) in [4.78, 5) is 31.7. The molecule has 238 valence electrons. The number of nitriles is 1. The molecule has 2 aliphatic heterocycles. The van der Waals surface area contributed by atoms with Crippen LogP contribution in [0.25, 0.3) is 32.9 Å². The molecule has 2 aromatic carbocycles. The second kappa shape index (κ2) is 11.3. The van der Waals surface area contributed by atoms with Gasteiger partial charge < -0.3 is 19.9 Å². The van der Waals surface area contributed by atoms with E-state index in [9.17, 15) is 20.0 Å². The van der Waals surface area contributed by atoms with Crippen molar-refractivity contribution >= 4 is 68.8 Å². The van der Waals surface area contributed by atoms with E-state index in [2.05, 4.69) is 16.0 Å². The van der Waals surface area contributed by atoms with Crippen molar-refractivity contribution < 1.29 is 19.1 Å². The highest BCUT2D eigenvalue weighted by atomic mass is 35.5. The van der Waals surface area contributed by atoms with Gasteiger partial charge in [-0.05, 0) is 62.6 Å². The van der Waals surface area contributed by atoms with Crippen LogP contribution in [0.3, 0.4) is 0 Å². The molecular weight excluding hydrogens is 648 g/mol. The number of hydrogen-bond donors (Lipinski definition) is 2. The molecule has 0 spiro atoms. The van der Waals surface area contributed by atoms with E-state index in [1.807, 2.05) is 32.2 Å². The summed E-state index contributed by atoms with van der Waals surface area (Å²) in [7, 11) is 0. The molecule has 4 aromatic rings. The van der Waals surface area contributed by atoms with E-state index in [-0.39, 0.29) is 63.3 Å². The zero-order valence-electron chi connectivity index (χ0n) is 25.5. The number of fused-ring (bicyclic) bond motifs is 4. The number of nitrogens with zero attached hydrogens (tertiary/aromatic N) is 4. The Bertz CT molecular complexity index is 2000. The third kappa shape index (κ3) is 4.73. The monoisotopic (exact) mass is 679 g/mol. The van der Waals surface area contributed by atoms with Crippen LogP contribution in [-0.4, -0.2) is 50.4 Å². The lowest BCUT2D eigenvalue weighted by Crippen LogP contribution is -2.43. The molecule has 8 rings (SSSR count). The molecule has 0 unspecified atom stereocenters. The van der Waals surface area contributed by atoms with E-state index in [0.717, 1.165) is 35.9 Å². The minimum atomic E-state index is -0.958. The molecule has 2 bridgehead atoms. The molecule has 2 amide bonds. The van der Waals surface area contributed by atoms with E-state index in [4.69, 9.17) is 28.2 Å². The summed E-state index contributed by atoms with van der Waals surface area (Å²) in [6.07, 6.45) is 3.77. The van der Waals surface area contributed by atoms with Gasteiger partial charge in [-0.25, -0.2) is 14.2 Å². The number of rotatable bonds is 8. The van der Waals surface area contributed by atoms with Crippen LogP contribution in [0.1, 0.15) is 62.9 Å². The molecule has 46 heavy (non-hydrogen) atoms. The smallest absolute Gasteiger partial charge is 0.407 e. The van der Waals surface area contributed by atoms with Crippen LogP contribution >= 0.6 is 35.0 Å². The minimum absolute atomic E-state index is 0.0125. The van der Waals surface area contributed by atoms with Crippen LogP contribution in [0.2, 0.25) is 10.0 Å². The Labute approximate surface area is 279 Å². The van der Waals surface area contributed by atoms with Gasteiger partial charge >= 0.3 is 6.09 Å². The summed E-state index contributed by atoms with van der Waals surface area (Å²) in [5.74, 6) is -0.498. The highest BCUT2D eigenvalue weighted by Gasteiger charge is 2.56. The number of thioether (sulfide) groups is 1. The van der Waals surface area contributed by atoms with Gasteiger partial charge in [0.2, 0.25) is 5.91 Å². The van der Waals surface area contributed by atoms with Crippen molar-refractivity contribution in [2.45, 2.75) is 69.1 Å². The number of benzene rings is 2. The predicted octanol–water partition coefficient (Wildman–Crippen LogP) is 8.38. The van der Waals surface area contributed by atoms with Crippen molar-refractivity contribution in [2.24, 2.45) is 11.3 Å². The first kappa shape index (κ1) is 31.1. The van der Waals surface area contributed by atoms with E-state index in [0.29, 0.717) is 28.1 Å². The summed E-state index contributed by atoms with van der Waals surface area (Å²) >= 11 is 14.4. The Kier molecular flexibility index (Phi) is 7.65. The zero-order chi connectivity index (χ0) is 32.7. The van der Waals surface area contributed by atoms with Crippen molar-refractivity contribution in [3.8, 4) is 17.2 Å². The Balaban J connectivity index is 1.52. The molecule has 2 saturated heterocycles. The van der Waals surface area contributed by atoms with Gasteiger partial charge in [0, 0.05) is 51.9 Å². The predicted molar refractivity (Wildman–Crippen MR) is 178 cm³/mol. The number of hydrogen-bond acceptors (Lipinski definition) is 5. The summed E-state index contributed by atoms with van der Waals surface area (Å²) in [6.45, 7) is 4.32. The van der Waals surface area contributed by atoms with Crippen LogP contribution < -0.4 is 5.32 Å². The maximum Gasteiger partial charge on any atom is 0.407 e. The number of carboxylic acid groups (broad SMARTS) is 1. The molecule has 2 aliphatic carbocycles. The first-order valence-electron chi connectivity index (χ1n) is 15.3. The summed E-state index contributed by atoms with van der Waals surface area (Å²) < 4.78 is 19.2. The molecule has 2 N–H and O–H groups in total. The fourth-order valence-corrected chi connectivity index (χ4v) is 8.32. The molecule has 0 radical (unpaired) electrons. The van der Waals surface area contributed by atoms with E-state index >= 15 is 4.39 Å². The zero-order valence-corrected chi connectivity index (χ0v) is 27.9. The lowest BCUT2D eigenvalue weighted by atomic mass is 9.79. The van der Waals surface area contributed by atoms with Crippen molar-refractivity contribution in [2.75, 3.05) is 12.8 Å². The van der Waals surface area contributed by atoms with Gasteiger partial charge in [-0.2, -0.15) is 5.26 Å². The minimum Gasteiger partial charge on any atom is -0.465 e. The number of halogens is 3. The van der Waals surface area contributed by atoms with E-state index in [1.54, 1.807) is 18.2 Å². The van der Waals surface area contributed by atoms with Crippen molar-refractivity contribution in [3.05, 3.63) is 57.5 Å². The van der Waals surface area contributed by atoms with Crippen molar-refractivity contribution in [1.82, 2.24) is 19.8 Å². The lowest BCUT2D eigenvalue weighted by molar-refractivity contribution is -0.126. The van der Waals surface area contributed by atoms with Gasteiger partial charge in [-0.15, -0.1) is 11.8 Å². The van der Waals surface area contributed by atoms with Gasteiger partial charge in [0.25, 0.3) is 0 Å². The van der Waals surface area contributed by atoms with Gasteiger partial charge in [-0.1, -0.05) is 42.3 Å². The maximum atomic E-state index is 17.0. The number of carbonyl (C=O) groups is 2. The third-order valence-electron chi connectivity index (χ3n) is 10.1. The first-order valence-corrected chi connectivity index (χ1v) is 17.3. The normalized spacial score (nSPS) is 21.7. The number of aryl methyl sites for hydroxylation is 1. The van der Waals surface area contributed by atoms with Crippen molar-refractivity contribution in [1.29, 1.82) is 5.26 Å². The Hall–Kier alpha value is -3.52. The molecule has 12 heteroatoms. The molecule has 2 aromatic heterocycles. The SMILES string of the molecule is CSc1nc2c(F)c(-c3cccc(Cl)c3Cl)c(CCC#N)cc2c2c1cc([C@@H](C)NC(=O)C1(C)CC1)n2[C@H]1[C@@H]2C[C@H]1N(C(=O)O)C2. The average Bonchev–Trinajstić information content (AvgIpc) is 3.34. The number of nitrogens with one attached hydrogen (secondary N) is 1. The van der Waals surface area contributed by atoms with E-state index < -0.39 is 18.0 Å². The molecule has 2 saturated carbocycles. The summed E-state index contributed by atoms with van der Waals surface area (Å²) in [5, 5.41) is 25.2. The van der Waals surface area contributed by atoms with E-state index in [1.165, 1.54) is 16.7 Å². The number of pyridine rings is 1. The Morgan fingerprint density at radius 1 is 1.28 bits per heavy atom. The molecule has 4 fully saturated rings. The molecule has 4 heterocycles. The second-order valence-electron chi connectivity index (χ2n) is 12.9. The molecular formula is C34H32Cl2FN5O3S. The fraction of sp³-hybridized carbons (Fsp3) is 0.412. The van der Waals surface area contributed by atoms with Gasteiger partial charge in [0.1, 0.15) is 10.5 Å². The Morgan fingerprint density at radius 2 is 2.04 bits per heavy atom. The average molecular weight is 681 g/mol. The lowest BCUT2D eigenvalue weighted by Gasteiger charge is -2.39. The largest absolute Gasteiger partial charge is 0.465 e. The van der Waals surface area contributed by atoms with Gasteiger partial charge in [-0.3, -0.25) is 4.79 Å². The van der Waals surface area contributed by atoms with Gasteiger partial charge in [0.05, 0.1) is 39.8 Å². The topological polar surface area (TPSA) is 111 Å².